The zero-order valence-electron chi connectivity index (χ0n) is 20.7. The van der Waals surface area contributed by atoms with Gasteiger partial charge in [-0.2, -0.15) is 31.4 Å². The Balaban J connectivity index is 1.54. The summed E-state index contributed by atoms with van der Waals surface area (Å²) in [4.78, 5) is 28.9. The second-order valence-corrected chi connectivity index (χ2v) is 10.6. The van der Waals surface area contributed by atoms with E-state index in [2.05, 4.69) is 15.4 Å². The van der Waals surface area contributed by atoms with Gasteiger partial charge in [-0.05, 0) is 36.1 Å². The first-order chi connectivity index (χ1) is 18.7. The van der Waals surface area contributed by atoms with Gasteiger partial charge in [-0.3, -0.25) is 14.3 Å². The third-order valence-corrected chi connectivity index (χ3v) is 7.60. The van der Waals surface area contributed by atoms with Gasteiger partial charge in [0.1, 0.15) is 15.4 Å². The molecule has 5 rings (SSSR count). The second-order valence-electron chi connectivity index (χ2n) is 9.57. The first kappa shape index (κ1) is 27.6. The topological polar surface area (TPSA) is 103 Å². The summed E-state index contributed by atoms with van der Waals surface area (Å²) in [6, 6.07) is 9.87. The van der Waals surface area contributed by atoms with E-state index in [1.807, 2.05) is 0 Å². The van der Waals surface area contributed by atoms with Crippen LogP contribution in [0.3, 0.4) is 0 Å². The average Bonchev–Trinajstić information content (AvgIpc) is 3.52. The van der Waals surface area contributed by atoms with Crippen molar-refractivity contribution in [3.8, 4) is 11.1 Å². The van der Waals surface area contributed by atoms with Crippen LogP contribution in [0.25, 0.3) is 21.3 Å². The monoisotopic (exact) mass is 581 g/mol. The molecular weight excluding hydrogens is 560 g/mol. The summed E-state index contributed by atoms with van der Waals surface area (Å²) in [5, 5.41) is 6.35. The van der Waals surface area contributed by atoms with Gasteiger partial charge in [0, 0.05) is 17.0 Å². The van der Waals surface area contributed by atoms with Gasteiger partial charge in [-0.15, -0.1) is 11.3 Å². The molecular formula is C26H21F6N5O2S. The Labute approximate surface area is 227 Å². The molecule has 0 bridgehead atoms. The highest BCUT2D eigenvalue weighted by Crippen LogP contribution is 2.44. The average molecular weight is 582 g/mol. The van der Waals surface area contributed by atoms with Crippen LogP contribution in [0, 0.1) is 5.92 Å². The van der Waals surface area contributed by atoms with Gasteiger partial charge in [0.2, 0.25) is 5.91 Å². The van der Waals surface area contributed by atoms with E-state index >= 15 is 0 Å². The maximum absolute atomic E-state index is 13.7. The van der Waals surface area contributed by atoms with Crippen LogP contribution >= 0.6 is 11.3 Å². The van der Waals surface area contributed by atoms with Crippen molar-refractivity contribution in [3.05, 3.63) is 64.4 Å². The summed E-state index contributed by atoms with van der Waals surface area (Å²) in [5.74, 6) is -2.69. The fraction of sp³-hybridized carbons (Fsp3) is 0.308. The van der Waals surface area contributed by atoms with E-state index in [4.69, 9.17) is 5.73 Å². The Morgan fingerprint density at radius 1 is 1.07 bits per heavy atom. The predicted molar refractivity (Wildman–Crippen MR) is 136 cm³/mol. The molecule has 14 heteroatoms. The molecule has 2 amide bonds. The van der Waals surface area contributed by atoms with E-state index in [-0.39, 0.29) is 38.8 Å². The molecule has 7 nitrogen and oxygen atoms in total. The summed E-state index contributed by atoms with van der Waals surface area (Å²) in [5.41, 5.74) is 4.00. The zero-order valence-corrected chi connectivity index (χ0v) is 21.5. The molecule has 1 atom stereocenters. The van der Waals surface area contributed by atoms with E-state index in [0.29, 0.717) is 35.4 Å². The molecule has 0 aliphatic heterocycles. The Bertz CT molecular complexity index is 1610. The van der Waals surface area contributed by atoms with Gasteiger partial charge in [-0.25, -0.2) is 4.98 Å². The lowest BCUT2D eigenvalue weighted by molar-refractivity contribution is -0.142. The van der Waals surface area contributed by atoms with Crippen LogP contribution in [0.15, 0.2) is 42.5 Å². The molecule has 40 heavy (non-hydrogen) atoms. The molecule has 210 valence electrons. The van der Waals surface area contributed by atoms with Gasteiger partial charge in [0.05, 0.1) is 18.2 Å². The van der Waals surface area contributed by atoms with Gasteiger partial charge in [0.15, 0.2) is 5.69 Å². The predicted octanol–water partition coefficient (Wildman–Crippen LogP) is 6.45. The van der Waals surface area contributed by atoms with E-state index in [0.717, 1.165) is 16.8 Å². The highest BCUT2D eigenvalue weighted by Gasteiger charge is 2.39. The Morgan fingerprint density at radius 2 is 1.73 bits per heavy atom. The SMILES string of the molecule is CC(Cn1nc(C(F)(F)F)cc1C1CC1)C(=O)Nc1c(C(N)=O)sc2nc(C(F)(F)F)cc(-c3ccccc3)c12. The number of anilines is 1. The first-order valence-corrected chi connectivity index (χ1v) is 12.9. The van der Waals surface area contributed by atoms with E-state index < -0.39 is 41.5 Å². The number of nitrogens with one attached hydrogen (secondary N) is 1. The lowest BCUT2D eigenvalue weighted by Gasteiger charge is -2.16. The van der Waals surface area contributed by atoms with Crippen molar-refractivity contribution in [3.63, 3.8) is 0 Å². The number of alkyl halides is 6. The minimum atomic E-state index is -4.79. The number of primary amides is 1. The van der Waals surface area contributed by atoms with Gasteiger partial charge < -0.3 is 11.1 Å². The number of pyridine rings is 1. The summed E-state index contributed by atoms with van der Waals surface area (Å²) < 4.78 is 82.0. The van der Waals surface area contributed by atoms with Crippen molar-refractivity contribution in [1.82, 2.24) is 14.8 Å². The number of nitrogens with two attached hydrogens (primary N) is 1. The van der Waals surface area contributed by atoms with Crippen molar-refractivity contribution in [2.45, 2.75) is 44.6 Å². The molecule has 0 radical (unpaired) electrons. The normalized spacial score (nSPS) is 14.9. The first-order valence-electron chi connectivity index (χ1n) is 12.1. The molecule has 3 aromatic heterocycles. The van der Waals surface area contributed by atoms with Crippen molar-refractivity contribution in [2.75, 3.05) is 5.32 Å². The number of aromatic nitrogens is 3. The highest BCUT2D eigenvalue weighted by atomic mass is 32.1. The number of hydrogen-bond acceptors (Lipinski definition) is 5. The Morgan fingerprint density at radius 3 is 2.30 bits per heavy atom. The summed E-state index contributed by atoms with van der Waals surface area (Å²) >= 11 is 0.607. The summed E-state index contributed by atoms with van der Waals surface area (Å²) in [6.07, 6.45) is -8.02. The molecule has 3 heterocycles. The fourth-order valence-electron chi connectivity index (χ4n) is 4.39. The third-order valence-electron chi connectivity index (χ3n) is 6.50. The van der Waals surface area contributed by atoms with Gasteiger partial charge >= 0.3 is 12.4 Å². The van der Waals surface area contributed by atoms with Gasteiger partial charge in [-0.1, -0.05) is 37.3 Å². The minimum absolute atomic E-state index is 0.0718. The number of nitrogens with zero attached hydrogens (tertiary/aromatic N) is 3. The number of halogens is 6. The van der Waals surface area contributed by atoms with Crippen molar-refractivity contribution in [1.29, 1.82) is 0 Å². The van der Waals surface area contributed by atoms with Crippen LogP contribution in [0.4, 0.5) is 32.0 Å². The maximum Gasteiger partial charge on any atom is 0.435 e. The third kappa shape index (κ3) is 5.40. The van der Waals surface area contributed by atoms with Crippen LogP contribution in [0.1, 0.15) is 52.4 Å². The molecule has 1 saturated carbocycles. The van der Waals surface area contributed by atoms with Crippen LogP contribution in [0.2, 0.25) is 0 Å². The van der Waals surface area contributed by atoms with Gasteiger partial charge in [0.25, 0.3) is 5.91 Å². The number of rotatable bonds is 7. The van der Waals surface area contributed by atoms with Crippen LogP contribution in [-0.4, -0.2) is 26.6 Å². The smallest absolute Gasteiger partial charge is 0.365 e. The number of thiophene rings is 1. The minimum Gasteiger partial charge on any atom is -0.365 e. The lowest BCUT2D eigenvalue weighted by atomic mass is 10.0. The number of fused-ring (bicyclic) bond motifs is 1. The quantitative estimate of drug-likeness (QED) is 0.245. The molecule has 3 N–H and O–H groups in total. The number of benzene rings is 1. The van der Waals surface area contributed by atoms with E-state index in [1.54, 1.807) is 30.3 Å². The maximum atomic E-state index is 13.7. The second kappa shape index (κ2) is 9.91. The van der Waals surface area contributed by atoms with Crippen LogP contribution < -0.4 is 11.1 Å². The summed E-state index contributed by atoms with van der Waals surface area (Å²) in [7, 11) is 0. The Kier molecular flexibility index (Phi) is 6.84. The lowest BCUT2D eigenvalue weighted by Crippen LogP contribution is -2.26. The summed E-state index contributed by atoms with van der Waals surface area (Å²) in [6.45, 7) is 1.28. The van der Waals surface area contributed by atoms with Crippen LogP contribution in [0.5, 0.6) is 0 Å². The van der Waals surface area contributed by atoms with E-state index in [1.165, 1.54) is 6.92 Å². The number of carbonyl (C=O) groups excluding carboxylic acids is 2. The molecule has 1 aromatic carbocycles. The number of hydrogen-bond donors (Lipinski definition) is 2. The highest BCUT2D eigenvalue weighted by molar-refractivity contribution is 7.21. The number of carbonyl (C=O) groups is 2. The van der Waals surface area contributed by atoms with E-state index in [9.17, 15) is 35.9 Å². The van der Waals surface area contributed by atoms with Crippen LogP contribution in [-0.2, 0) is 23.7 Å². The van der Waals surface area contributed by atoms with Crippen molar-refractivity contribution >= 4 is 39.1 Å². The molecule has 1 aliphatic carbocycles. The van der Waals surface area contributed by atoms with Crippen molar-refractivity contribution in [2.24, 2.45) is 11.7 Å². The molecule has 0 spiro atoms. The number of amides is 2. The largest absolute Gasteiger partial charge is 0.435 e. The zero-order chi connectivity index (χ0) is 29.0. The molecule has 0 saturated heterocycles. The molecule has 4 aromatic rings. The Hall–Kier alpha value is -3.94. The van der Waals surface area contributed by atoms with Crippen molar-refractivity contribution < 1.29 is 35.9 Å². The molecule has 1 fully saturated rings. The molecule has 1 unspecified atom stereocenters. The molecule has 1 aliphatic rings. The standard InChI is InChI=1S/C26H21F6N5O2S/c1-12(11-37-16(14-7-8-14)10-18(36-37)26(30,31)32)23(39)35-20-19-15(13-5-3-2-4-6-13)9-17(25(27,28)29)34-24(19)40-21(20)22(33)38/h2-6,9-10,12,14H,7-8,11H2,1H3,(H2,33,38)(H,35,39). The fourth-order valence-corrected chi connectivity index (χ4v) is 5.40.